The van der Waals surface area contributed by atoms with Crippen molar-refractivity contribution in [1.82, 2.24) is 0 Å². The van der Waals surface area contributed by atoms with Crippen LogP contribution in [0.3, 0.4) is 0 Å². The van der Waals surface area contributed by atoms with E-state index >= 15 is 0 Å². The highest BCUT2D eigenvalue weighted by Gasteiger charge is 2.34. The van der Waals surface area contributed by atoms with Crippen LogP contribution in [0, 0.1) is 0 Å². The second-order valence-electron chi connectivity index (χ2n) is 2.36. The third-order valence-corrected chi connectivity index (χ3v) is 4.10. The first-order valence-corrected chi connectivity index (χ1v) is 6.24. The van der Waals surface area contributed by atoms with Crippen molar-refractivity contribution < 1.29 is 13.3 Å². The molecule has 0 aliphatic carbocycles. The van der Waals surface area contributed by atoms with E-state index in [-0.39, 0.29) is 0 Å². The quantitative estimate of drug-likeness (QED) is 0.643. The van der Waals surface area contributed by atoms with E-state index in [1.807, 2.05) is 6.92 Å². The lowest BCUT2D eigenvalue weighted by atomic mass is 10.6. The maximum absolute atomic E-state index is 5.08. The maximum Gasteiger partial charge on any atom is 0.499 e. The van der Waals surface area contributed by atoms with Gasteiger partial charge in [-0.3, -0.25) is 0 Å². The molecule has 0 unspecified atom stereocenters. The molecule has 76 valence electrons. The van der Waals surface area contributed by atoms with Gasteiger partial charge in [0.25, 0.3) is 0 Å². The number of hydrogen-bond donors (Lipinski definition) is 0. The molecule has 0 atom stereocenters. The molecule has 0 saturated carbocycles. The maximum atomic E-state index is 5.08. The first kappa shape index (κ1) is 14.6. The van der Waals surface area contributed by atoms with E-state index in [4.69, 9.17) is 13.3 Å². The molecule has 0 heterocycles. The summed E-state index contributed by atoms with van der Waals surface area (Å²) in [5.41, 5.74) is 0. The van der Waals surface area contributed by atoms with Gasteiger partial charge in [-0.05, 0) is 0 Å². The standard InChI is InChI=1S/C5H14O3Si.C3H8/c1-5-9(6-2,7-3)8-4;1-3-2/h5H2,1-4H3;3H2,1-2H3. The lowest BCUT2D eigenvalue weighted by molar-refractivity contribution is 0.125. The normalized spacial score (nSPS) is 10.5. The largest absolute Gasteiger partial charge is 0.499 e. The second kappa shape index (κ2) is 9.19. The minimum atomic E-state index is -2.19. The summed E-state index contributed by atoms with van der Waals surface area (Å²) in [4.78, 5) is 0. The summed E-state index contributed by atoms with van der Waals surface area (Å²) in [5, 5.41) is 0. The first-order chi connectivity index (χ1) is 5.66. The van der Waals surface area contributed by atoms with Gasteiger partial charge in [-0.25, -0.2) is 0 Å². The van der Waals surface area contributed by atoms with Crippen molar-refractivity contribution in [3.05, 3.63) is 0 Å². The van der Waals surface area contributed by atoms with Crippen molar-refractivity contribution in [2.45, 2.75) is 33.2 Å². The molecule has 0 amide bonds. The molecule has 0 saturated heterocycles. The molecule has 0 bridgehead atoms. The summed E-state index contributed by atoms with van der Waals surface area (Å²) in [6.07, 6.45) is 1.25. The van der Waals surface area contributed by atoms with Crippen molar-refractivity contribution in [3.63, 3.8) is 0 Å². The predicted molar refractivity (Wildman–Crippen MR) is 53.2 cm³/mol. The van der Waals surface area contributed by atoms with Crippen LogP contribution in [0.1, 0.15) is 27.2 Å². The predicted octanol–water partition coefficient (Wildman–Crippen LogP) is 2.30. The summed E-state index contributed by atoms with van der Waals surface area (Å²) in [5.74, 6) is 0. The van der Waals surface area contributed by atoms with Gasteiger partial charge in [0.15, 0.2) is 0 Å². The molecule has 4 heteroatoms. The Balaban J connectivity index is 0. The fraction of sp³-hybridized carbons (Fsp3) is 1.00. The lowest BCUT2D eigenvalue weighted by Gasteiger charge is -2.22. The highest BCUT2D eigenvalue weighted by Crippen LogP contribution is 2.10. The summed E-state index contributed by atoms with van der Waals surface area (Å²) in [6, 6.07) is 0.816. The molecule has 0 radical (unpaired) electrons. The van der Waals surface area contributed by atoms with E-state index in [0.29, 0.717) is 0 Å². The monoisotopic (exact) mass is 194 g/mol. The minimum Gasteiger partial charge on any atom is -0.377 e. The average molecular weight is 194 g/mol. The van der Waals surface area contributed by atoms with Crippen LogP contribution in [-0.4, -0.2) is 30.1 Å². The molecular weight excluding hydrogens is 172 g/mol. The molecule has 0 rings (SSSR count). The lowest BCUT2D eigenvalue weighted by Crippen LogP contribution is -2.41. The van der Waals surface area contributed by atoms with Crippen molar-refractivity contribution in [2.24, 2.45) is 0 Å². The zero-order valence-electron chi connectivity index (χ0n) is 9.14. The molecule has 12 heavy (non-hydrogen) atoms. The Morgan fingerprint density at radius 2 is 1.08 bits per heavy atom. The van der Waals surface area contributed by atoms with E-state index in [1.54, 1.807) is 21.3 Å². The van der Waals surface area contributed by atoms with Crippen LogP contribution >= 0.6 is 0 Å². The topological polar surface area (TPSA) is 27.7 Å². The summed E-state index contributed by atoms with van der Waals surface area (Å²) in [6.45, 7) is 6.24. The highest BCUT2D eigenvalue weighted by molar-refractivity contribution is 6.60. The number of rotatable bonds is 4. The third-order valence-electron chi connectivity index (χ3n) is 1.37. The van der Waals surface area contributed by atoms with Gasteiger partial charge >= 0.3 is 8.80 Å². The fourth-order valence-corrected chi connectivity index (χ4v) is 2.05. The highest BCUT2D eigenvalue weighted by atomic mass is 28.4. The molecular formula is C8H22O3Si. The molecule has 0 aromatic heterocycles. The van der Waals surface area contributed by atoms with Gasteiger partial charge in [-0.2, -0.15) is 0 Å². The van der Waals surface area contributed by atoms with Crippen molar-refractivity contribution >= 4 is 8.80 Å². The van der Waals surface area contributed by atoms with Crippen molar-refractivity contribution in [3.8, 4) is 0 Å². The van der Waals surface area contributed by atoms with Crippen LogP contribution in [0.15, 0.2) is 0 Å². The van der Waals surface area contributed by atoms with Gasteiger partial charge in [0.2, 0.25) is 0 Å². The molecule has 0 aromatic rings. The molecule has 0 fully saturated rings. The first-order valence-electron chi connectivity index (χ1n) is 4.31. The molecule has 0 aliphatic heterocycles. The smallest absolute Gasteiger partial charge is 0.377 e. The second-order valence-corrected chi connectivity index (χ2v) is 5.65. The summed E-state index contributed by atoms with van der Waals surface area (Å²) >= 11 is 0. The van der Waals surface area contributed by atoms with Crippen LogP contribution in [0.2, 0.25) is 6.04 Å². The summed E-state index contributed by atoms with van der Waals surface area (Å²) < 4.78 is 15.2. The van der Waals surface area contributed by atoms with Crippen LogP contribution in [0.4, 0.5) is 0 Å². The minimum absolute atomic E-state index is 0.816. The molecule has 0 aliphatic rings. The van der Waals surface area contributed by atoms with Crippen LogP contribution < -0.4 is 0 Å². The van der Waals surface area contributed by atoms with Crippen LogP contribution in [-0.2, 0) is 13.3 Å². The molecule has 0 N–H and O–H groups in total. The SMILES string of the molecule is CCC.CC[Si](OC)(OC)OC. The Bertz CT molecular complexity index is 66.9. The Morgan fingerprint density at radius 3 is 1.08 bits per heavy atom. The third kappa shape index (κ3) is 5.71. The van der Waals surface area contributed by atoms with Gasteiger partial charge in [0.1, 0.15) is 0 Å². The van der Waals surface area contributed by atoms with Crippen LogP contribution in [0.5, 0.6) is 0 Å². The van der Waals surface area contributed by atoms with Gasteiger partial charge < -0.3 is 13.3 Å². The van der Waals surface area contributed by atoms with Gasteiger partial charge in [-0.15, -0.1) is 0 Å². The van der Waals surface area contributed by atoms with E-state index in [0.717, 1.165) is 6.04 Å². The molecule has 3 nitrogen and oxygen atoms in total. The van der Waals surface area contributed by atoms with E-state index in [9.17, 15) is 0 Å². The van der Waals surface area contributed by atoms with Gasteiger partial charge in [0.05, 0.1) is 0 Å². The van der Waals surface area contributed by atoms with E-state index < -0.39 is 8.80 Å². The molecule has 0 aromatic carbocycles. The van der Waals surface area contributed by atoms with Crippen LogP contribution in [0.25, 0.3) is 0 Å². The van der Waals surface area contributed by atoms with E-state index in [2.05, 4.69) is 13.8 Å². The zero-order chi connectivity index (χ0) is 10.0. The zero-order valence-corrected chi connectivity index (χ0v) is 10.1. The Hall–Kier alpha value is 0.0969. The number of hydrogen-bond acceptors (Lipinski definition) is 3. The van der Waals surface area contributed by atoms with E-state index in [1.165, 1.54) is 6.42 Å². The molecule has 0 spiro atoms. The average Bonchev–Trinajstić information content (AvgIpc) is 2.11. The Kier molecular flexibility index (Phi) is 11.2. The van der Waals surface area contributed by atoms with Crippen molar-refractivity contribution in [2.75, 3.05) is 21.3 Å². The Morgan fingerprint density at radius 1 is 0.833 bits per heavy atom. The van der Waals surface area contributed by atoms with Crippen molar-refractivity contribution in [1.29, 1.82) is 0 Å². The van der Waals surface area contributed by atoms with Gasteiger partial charge in [-0.1, -0.05) is 27.2 Å². The van der Waals surface area contributed by atoms with Gasteiger partial charge in [0, 0.05) is 27.4 Å². The summed E-state index contributed by atoms with van der Waals surface area (Å²) in [7, 11) is 2.65. The fourth-order valence-electron chi connectivity index (χ4n) is 0.683. The Labute approximate surface area is 77.4 Å².